The highest BCUT2D eigenvalue weighted by Gasteiger charge is 2.07. The van der Waals surface area contributed by atoms with Crippen LogP contribution in [0.25, 0.3) is 11.3 Å². The molecule has 2 aromatic rings. The van der Waals surface area contributed by atoms with Crippen molar-refractivity contribution in [1.29, 1.82) is 0 Å². The van der Waals surface area contributed by atoms with Gasteiger partial charge >= 0.3 is 0 Å². The smallest absolute Gasteiger partial charge is 0.251 e. The number of hydrogen-bond donors (Lipinski definition) is 1. The van der Waals surface area contributed by atoms with Crippen LogP contribution in [0.15, 0.2) is 29.1 Å². The first kappa shape index (κ1) is 11.6. The van der Waals surface area contributed by atoms with Crippen LogP contribution < -0.4 is 5.56 Å². The van der Waals surface area contributed by atoms with Gasteiger partial charge < -0.3 is 4.98 Å². The molecule has 0 aliphatic rings. The van der Waals surface area contributed by atoms with Gasteiger partial charge in [-0.2, -0.15) is 0 Å². The molecular weight excluding hydrogens is 212 g/mol. The van der Waals surface area contributed by atoms with E-state index in [1.54, 1.807) is 6.07 Å². The van der Waals surface area contributed by atoms with Gasteiger partial charge in [-0.1, -0.05) is 25.1 Å². The van der Waals surface area contributed by atoms with Gasteiger partial charge in [-0.15, -0.1) is 0 Å². The molecule has 0 fully saturated rings. The molecule has 3 heteroatoms. The second-order valence-electron chi connectivity index (χ2n) is 4.18. The highest BCUT2D eigenvalue weighted by molar-refractivity contribution is 5.64. The zero-order chi connectivity index (χ0) is 12.4. The monoisotopic (exact) mass is 228 g/mol. The number of benzene rings is 1. The van der Waals surface area contributed by atoms with Crippen LogP contribution in [-0.2, 0) is 6.42 Å². The molecule has 1 N–H and O–H groups in total. The van der Waals surface area contributed by atoms with E-state index in [9.17, 15) is 4.79 Å². The van der Waals surface area contributed by atoms with Gasteiger partial charge in [-0.3, -0.25) is 4.79 Å². The summed E-state index contributed by atoms with van der Waals surface area (Å²) in [6, 6.07) is 7.61. The number of nitrogens with one attached hydrogen (secondary N) is 1. The van der Waals surface area contributed by atoms with Gasteiger partial charge in [0.05, 0.1) is 5.69 Å². The van der Waals surface area contributed by atoms with E-state index in [4.69, 9.17) is 0 Å². The minimum Gasteiger partial charge on any atom is -0.311 e. The molecule has 0 saturated carbocycles. The second kappa shape index (κ2) is 4.53. The summed E-state index contributed by atoms with van der Waals surface area (Å²) >= 11 is 0. The van der Waals surface area contributed by atoms with Gasteiger partial charge in [0, 0.05) is 18.1 Å². The van der Waals surface area contributed by atoms with Gasteiger partial charge in [0.1, 0.15) is 5.82 Å². The Kier molecular flexibility index (Phi) is 3.09. The fourth-order valence-electron chi connectivity index (χ4n) is 1.84. The highest BCUT2D eigenvalue weighted by Crippen LogP contribution is 2.22. The molecule has 1 aromatic heterocycles. The minimum absolute atomic E-state index is 0.0900. The Labute approximate surface area is 101 Å². The number of rotatable bonds is 2. The molecular formula is C14H16N2O. The Morgan fingerprint density at radius 1 is 1.29 bits per heavy atom. The number of nitrogens with zero attached hydrogens (tertiary/aromatic N) is 1. The Morgan fingerprint density at radius 2 is 2.06 bits per heavy atom. The summed E-state index contributed by atoms with van der Waals surface area (Å²) < 4.78 is 0. The summed E-state index contributed by atoms with van der Waals surface area (Å²) in [4.78, 5) is 18.7. The molecule has 0 saturated heterocycles. The van der Waals surface area contributed by atoms with E-state index in [-0.39, 0.29) is 5.56 Å². The van der Waals surface area contributed by atoms with Crippen LogP contribution >= 0.6 is 0 Å². The Hall–Kier alpha value is -1.90. The van der Waals surface area contributed by atoms with E-state index in [2.05, 4.69) is 29.9 Å². The zero-order valence-corrected chi connectivity index (χ0v) is 10.4. The average Bonchev–Trinajstić information content (AvgIpc) is 2.31. The maximum Gasteiger partial charge on any atom is 0.251 e. The summed E-state index contributed by atoms with van der Waals surface area (Å²) in [5.41, 5.74) is 4.08. The third-order valence-corrected chi connectivity index (χ3v) is 3.01. The molecule has 0 spiro atoms. The molecule has 0 aliphatic carbocycles. The minimum atomic E-state index is -0.0900. The average molecular weight is 228 g/mol. The molecule has 17 heavy (non-hydrogen) atoms. The Morgan fingerprint density at radius 3 is 2.76 bits per heavy atom. The molecule has 2 rings (SSSR count). The van der Waals surface area contributed by atoms with Crippen LogP contribution in [0.2, 0.25) is 0 Å². The topological polar surface area (TPSA) is 45.8 Å². The Balaban J connectivity index is 2.64. The Bertz CT molecular complexity index is 599. The van der Waals surface area contributed by atoms with Crippen molar-refractivity contribution in [1.82, 2.24) is 9.97 Å². The van der Waals surface area contributed by atoms with Crippen LogP contribution in [0.1, 0.15) is 23.9 Å². The standard InChI is InChI=1S/C14H16N2O/c1-4-13-15-12(8-14(17)16-13)11-7-5-6-9(2)10(11)3/h5-8H,4H2,1-3H3,(H,15,16,17). The molecule has 0 unspecified atom stereocenters. The van der Waals surface area contributed by atoms with E-state index in [1.807, 2.05) is 19.1 Å². The fourth-order valence-corrected chi connectivity index (χ4v) is 1.84. The van der Waals surface area contributed by atoms with E-state index in [0.29, 0.717) is 0 Å². The first-order valence-corrected chi connectivity index (χ1v) is 5.78. The van der Waals surface area contributed by atoms with Crippen molar-refractivity contribution < 1.29 is 0 Å². The predicted octanol–water partition coefficient (Wildman–Crippen LogP) is 2.62. The first-order valence-electron chi connectivity index (χ1n) is 5.78. The number of aromatic nitrogens is 2. The lowest BCUT2D eigenvalue weighted by atomic mass is 10.0. The van der Waals surface area contributed by atoms with Crippen LogP contribution in [0.5, 0.6) is 0 Å². The van der Waals surface area contributed by atoms with Crippen molar-refractivity contribution >= 4 is 0 Å². The summed E-state index contributed by atoms with van der Waals surface area (Å²) in [6.07, 6.45) is 0.730. The van der Waals surface area contributed by atoms with Crippen molar-refractivity contribution in [3.8, 4) is 11.3 Å². The summed E-state index contributed by atoms with van der Waals surface area (Å²) in [5.74, 6) is 0.730. The maximum absolute atomic E-state index is 11.5. The van der Waals surface area contributed by atoms with Crippen LogP contribution in [-0.4, -0.2) is 9.97 Å². The third kappa shape index (κ3) is 2.28. The number of hydrogen-bond acceptors (Lipinski definition) is 2. The molecule has 88 valence electrons. The van der Waals surface area contributed by atoms with Gasteiger partial charge in [0.15, 0.2) is 0 Å². The van der Waals surface area contributed by atoms with Crippen molar-refractivity contribution in [2.24, 2.45) is 0 Å². The second-order valence-corrected chi connectivity index (χ2v) is 4.18. The molecule has 0 amide bonds. The van der Waals surface area contributed by atoms with Gasteiger partial charge in [0.2, 0.25) is 0 Å². The van der Waals surface area contributed by atoms with E-state index >= 15 is 0 Å². The quantitative estimate of drug-likeness (QED) is 0.858. The van der Waals surface area contributed by atoms with Crippen molar-refractivity contribution in [3.05, 3.63) is 51.6 Å². The first-order chi connectivity index (χ1) is 8.11. The van der Waals surface area contributed by atoms with E-state index in [1.165, 1.54) is 11.1 Å². The fraction of sp³-hybridized carbons (Fsp3) is 0.286. The number of aromatic amines is 1. The molecule has 0 aliphatic heterocycles. The molecule has 1 heterocycles. The number of aryl methyl sites for hydroxylation is 2. The van der Waals surface area contributed by atoms with Crippen molar-refractivity contribution in [2.75, 3.05) is 0 Å². The molecule has 1 aromatic carbocycles. The molecule has 3 nitrogen and oxygen atoms in total. The van der Waals surface area contributed by atoms with Crippen LogP contribution in [0, 0.1) is 13.8 Å². The highest BCUT2D eigenvalue weighted by atomic mass is 16.1. The van der Waals surface area contributed by atoms with Crippen molar-refractivity contribution in [2.45, 2.75) is 27.2 Å². The third-order valence-electron chi connectivity index (χ3n) is 3.01. The van der Waals surface area contributed by atoms with E-state index in [0.717, 1.165) is 23.5 Å². The lowest BCUT2D eigenvalue weighted by molar-refractivity contribution is 0.923. The summed E-state index contributed by atoms with van der Waals surface area (Å²) in [5, 5.41) is 0. The van der Waals surface area contributed by atoms with Gasteiger partial charge in [-0.25, -0.2) is 4.98 Å². The SMILES string of the molecule is CCc1nc(-c2cccc(C)c2C)cc(=O)[nH]1. The summed E-state index contributed by atoms with van der Waals surface area (Å²) in [7, 11) is 0. The van der Waals surface area contributed by atoms with Gasteiger partial charge in [0.25, 0.3) is 5.56 Å². The predicted molar refractivity (Wildman–Crippen MR) is 69.1 cm³/mol. The normalized spacial score (nSPS) is 10.5. The molecule has 0 bridgehead atoms. The van der Waals surface area contributed by atoms with Crippen molar-refractivity contribution in [3.63, 3.8) is 0 Å². The largest absolute Gasteiger partial charge is 0.311 e. The van der Waals surface area contributed by atoms with Gasteiger partial charge in [-0.05, 0) is 25.0 Å². The van der Waals surface area contributed by atoms with Crippen LogP contribution in [0.4, 0.5) is 0 Å². The lowest BCUT2D eigenvalue weighted by Crippen LogP contribution is -2.10. The van der Waals surface area contributed by atoms with E-state index < -0.39 is 0 Å². The maximum atomic E-state index is 11.5. The number of H-pyrrole nitrogens is 1. The molecule has 0 radical (unpaired) electrons. The summed E-state index contributed by atoms with van der Waals surface area (Å²) in [6.45, 7) is 6.09. The lowest BCUT2D eigenvalue weighted by Gasteiger charge is -2.08. The molecule has 0 atom stereocenters. The van der Waals surface area contributed by atoms with Crippen LogP contribution in [0.3, 0.4) is 0 Å². The zero-order valence-electron chi connectivity index (χ0n) is 10.4.